The average molecular weight is 285 g/mol. The van der Waals surface area contributed by atoms with Gasteiger partial charge in [-0.15, -0.1) is 0 Å². The molecule has 0 saturated heterocycles. The van der Waals surface area contributed by atoms with E-state index in [1.165, 1.54) is 0 Å². The minimum absolute atomic E-state index is 0.0363. The van der Waals surface area contributed by atoms with Crippen LogP contribution in [-0.2, 0) is 6.54 Å². The standard InChI is InChI=1S/C14H11N3O2S/c18-13-15-12(20)16-14(19)17(13)8-10-6-3-5-9-4-1-2-7-11(9)10/h1-7H,8H2,(H2,15,16,18,19,20). The summed E-state index contributed by atoms with van der Waals surface area (Å²) in [6.45, 7) is 0.196. The van der Waals surface area contributed by atoms with Crippen molar-refractivity contribution in [2.24, 2.45) is 0 Å². The van der Waals surface area contributed by atoms with Crippen molar-refractivity contribution < 1.29 is 0 Å². The zero-order valence-electron chi connectivity index (χ0n) is 10.4. The highest BCUT2D eigenvalue weighted by Gasteiger charge is 2.06. The lowest BCUT2D eigenvalue weighted by atomic mass is 10.0. The highest BCUT2D eigenvalue weighted by Crippen LogP contribution is 2.18. The van der Waals surface area contributed by atoms with Crippen molar-refractivity contribution in [3.63, 3.8) is 0 Å². The quantitative estimate of drug-likeness (QED) is 0.705. The van der Waals surface area contributed by atoms with Gasteiger partial charge in [0.2, 0.25) is 0 Å². The van der Waals surface area contributed by atoms with Crippen LogP contribution in [-0.4, -0.2) is 14.5 Å². The normalized spacial score (nSPS) is 10.8. The molecule has 0 aliphatic heterocycles. The minimum atomic E-state index is -0.508. The Kier molecular flexibility index (Phi) is 3.08. The molecule has 2 aromatic carbocycles. The van der Waals surface area contributed by atoms with Crippen LogP contribution >= 0.6 is 12.2 Å². The van der Waals surface area contributed by atoms with Crippen LogP contribution in [0.3, 0.4) is 0 Å². The minimum Gasteiger partial charge on any atom is -0.284 e. The fraction of sp³-hybridized carbons (Fsp3) is 0.0714. The van der Waals surface area contributed by atoms with Crippen LogP contribution in [0.15, 0.2) is 52.1 Å². The molecule has 0 amide bonds. The van der Waals surface area contributed by atoms with Gasteiger partial charge in [-0.3, -0.25) is 9.97 Å². The van der Waals surface area contributed by atoms with Crippen LogP contribution in [0.1, 0.15) is 5.56 Å². The van der Waals surface area contributed by atoms with E-state index in [1.807, 2.05) is 42.5 Å². The highest BCUT2D eigenvalue weighted by atomic mass is 32.1. The number of aromatic nitrogens is 3. The van der Waals surface area contributed by atoms with Gasteiger partial charge in [-0.05, 0) is 28.6 Å². The number of nitrogens with zero attached hydrogens (tertiary/aromatic N) is 1. The van der Waals surface area contributed by atoms with Gasteiger partial charge in [-0.1, -0.05) is 42.5 Å². The van der Waals surface area contributed by atoms with Gasteiger partial charge >= 0.3 is 11.4 Å². The van der Waals surface area contributed by atoms with Gasteiger partial charge in [0.15, 0.2) is 4.77 Å². The molecule has 100 valence electrons. The van der Waals surface area contributed by atoms with E-state index in [1.54, 1.807) is 0 Å². The lowest BCUT2D eigenvalue weighted by Crippen LogP contribution is -2.37. The number of hydrogen-bond acceptors (Lipinski definition) is 3. The van der Waals surface area contributed by atoms with Gasteiger partial charge in [0.05, 0.1) is 6.54 Å². The van der Waals surface area contributed by atoms with E-state index in [0.29, 0.717) is 0 Å². The van der Waals surface area contributed by atoms with Crippen LogP contribution in [0.25, 0.3) is 10.8 Å². The second-order valence-corrected chi connectivity index (χ2v) is 4.82. The molecule has 6 heteroatoms. The molecule has 0 atom stereocenters. The Morgan fingerprint density at radius 3 is 2.35 bits per heavy atom. The zero-order chi connectivity index (χ0) is 14.1. The summed E-state index contributed by atoms with van der Waals surface area (Å²) < 4.78 is 1.13. The van der Waals surface area contributed by atoms with E-state index in [9.17, 15) is 9.59 Å². The van der Waals surface area contributed by atoms with Crippen molar-refractivity contribution in [2.75, 3.05) is 0 Å². The van der Waals surface area contributed by atoms with Crippen molar-refractivity contribution in [3.05, 3.63) is 73.8 Å². The monoisotopic (exact) mass is 285 g/mol. The van der Waals surface area contributed by atoms with E-state index in [2.05, 4.69) is 9.97 Å². The molecule has 3 rings (SSSR count). The summed E-state index contributed by atoms with van der Waals surface area (Å²) in [5.41, 5.74) is -0.111. The first-order chi connectivity index (χ1) is 9.65. The Morgan fingerprint density at radius 2 is 1.60 bits per heavy atom. The van der Waals surface area contributed by atoms with Gasteiger partial charge in [0, 0.05) is 0 Å². The molecule has 0 saturated carbocycles. The van der Waals surface area contributed by atoms with Crippen molar-refractivity contribution in [1.29, 1.82) is 0 Å². The molecule has 0 radical (unpaired) electrons. The Balaban J connectivity index is 2.18. The van der Waals surface area contributed by atoms with Crippen LogP contribution in [0.5, 0.6) is 0 Å². The molecule has 20 heavy (non-hydrogen) atoms. The van der Waals surface area contributed by atoms with Crippen LogP contribution in [0.2, 0.25) is 0 Å². The number of H-pyrrole nitrogens is 2. The summed E-state index contributed by atoms with van der Waals surface area (Å²) in [6, 6.07) is 13.6. The third kappa shape index (κ3) is 2.21. The van der Waals surface area contributed by atoms with Gasteiger partial charge < -0.3 is 0 Å². The third-order valence-corrected chi connectivity index (χ3v) is 3.34. The fourth-order valence-corrected chi connectivity index (χ4v) is 2.37. The number of aromatic amines is 2. The van der Waals surface area contributed by atoms with Gasteiger partial charge in [0.25, 0.3) is 0 Å². The lowest BCUT2D eigenvalue weighted by Gasteiger charge is -2.07. The summed E-state index contributed by atoms with van der Waals surface area (Å²) in [5, 5.41) is 2.09. The number of hydrogen-bond donors (Lipinski definition) is 2. The topological polar surface area (TPSA) is 70.7 Å². The Morgan fingerprint density at radius 1 is 0.950 bits per heavy atom. The molecule has 1 heterocycles. The molecule has 0 aliphatic rings. The molecule has 0 bridgehead atoms. The predicted molar refractivity (Wildman–Crippen MR) is 79.6 cm³/mol. The van der Waals surface area contributed by atoms with Gasteiger partial charge in [-0.2, -0.15) is 0 Å². The molecule has 2 N–H and O–H groups in total. The van der Waals surface area contributed by atoms with Crippen LogP contribution in [0.4, 0.5) is 0 Å². The second kappa shape index (κ2) is 4.90. The average Bonchev–Trinajstić information content (AvgIpc) is 2.43. The molecule has 1 aromatic heterocycles. The summed E-state index contributed by atoms with van der Waals surface area (Å²) in [5.74, 6) is 0. The molecular formula is C14H11N3O2S. The SMILES string of the molecule is O=c1[nH]c(=S)[nH]c(=O)n1Cc1cccc2ccccc12. The third-order valence-electron chi connectivity index (χ3n) is 3.14. The van der Waals surface area contributed by atoms with E-state index in [4.69, 9.17) is 12.2 Å². The van der Waals surface area contributed by atoms with Crippen LogP contribution in [0, 0.1) is 4.77 Å². The van der Waals surface area contributed by atoms with E-state index in [-0.39, 0.29) is 11.3 Å². The zero-order valence-corrected chi connectivity index (χ0v) is 11.2. The molecule has 3 aromatic rings. The van der Waals surface area contributed by atoms with Crippen LogP contribution < -0.4 is 11.4 Å². The maximum absolute atomic E-state index is 11.8. The molecule has 0 aliphatic carbocycles. The predicted octanol–water partition coefficient (Wildman–Crippen LogP) is 1.80. The van der Waals surface area contributed by atoms with Gasteiger partial charge in [-0.25, -0.2) is 14.2 Å². The largest absolute Gasteiger partial charge is 0.332 e. The first-order valence-electron chi connectivity index (χ1n) is 6.05. The van der Waals surface area contributed by atoms with Crippen molar-refractivity contribution in [2.45, 2.75) is 6.54 Å². The fourth-order valence-electron chi connectivity index (χ4n) is 2.20. The molecule has 0 spiro atoms. The Bertz CT molecular complexity index is 913. The van der Waals surface area contributed by atoms with Crippen molar-refractivity contribution in [1.82, 2.24) is 14.5 Å². The number of fused-ring (bicyclic) bond motifs is 1. The van der Waals surface area contributed by atoms with E-state index >= 15 is 0 Å². The summed E-state index contributed by atoms with van der Waals surface area (Å²) in [4.78, 5) is 28.5. The smallest absolute Gasteiger partial charge is 0.284 e. The van der Waals surface area contributed by atoms with E-state index in [0.717, 1.165) is 20.9 Å². The van der Waals surface area contributed by atoms with Crippen molar-refractivity contribution >= 4 is 23.0 Å². The van der Waals surface area contributed by atoms with Gasteiger partial charge in [0.1, 0.15) is 0 Å². The van der Waals surface area contributed by atoms with Crippen molar-refractivity contribution in [3.8, 4) is 0 Å². The summed E-state index contributed by atoms with van der Waals surface area (Å²) in [7, 11) is 0. The first-order valence-corrected chi connectivity index (χ1v) is 6.46. The maximum Gasteiger partial charge on any atom is 0.332 e. The molecular weight excluding hydrogens is 274 g/mol. The maximum atomic E-state index is 11.8. The molecule has 0 unspecified atom stereocenters. The summed E-state index contributed by atoms with van der Waals surface area (Å²) in [6.07, 6.45) is 0. The Hall–Kier alpha value is -2.47. The Labute approximate surface area is 118 Å². The second-order valence-electron chi connectivity index (χ2n) is 4.41. The number of nitrogens with one attached hydrogen (secondary N) is 2. The molecule has 0 fully saturated rings. The highest BCUT2D eigenvalue weighted by molar-refractivity contribution is 7.71. The molecule has 5 nitrogen and oxygen atoms in total. The number of benzene rings is 2. The summed E-state index contributed by atoms with van der Waals surface area (Å²) >= 11 is 4.76. The van der Waals surface area contributed by atoms with E-state index < -0.39 is 11.4 Å². The number of rotatable bonds is 2. The first kappa shape index (κ1) is 12.6. The lowest BCUT2D eigenvalue weighted by molar-refractivity contribution is 0.663.